The summed E-state index contributed by atoms with van der Waals surface area (Å²) < 4.78 is 1.77. The molecule has 5 nitrogen and oxygen atoms in total. The van der Waals surface area contributed by atoms with Crippen molar-refractivity contribution in [1.29, 1.82) is 0 Å². The third-order valence-corrected chi connectivity index (χ3v) is 4.02. The van der Waals surface area contributed by atoms with Gasteiger partial charge < -0.3 is 9.51 Å². The maximum Gasteiger partial charge on any atom is 0.320 e. The van der Waals surface area contributed by atoms with Crippen molar-refractivity contribution in [3.05, 3.63) is 34.2 Å². The lowest BCUT2D eigenvalue weighted by molar-refractivity contribution is -0.142. The monoisotopic (exact) mass is 313 g/mol. The highest BCUT2D eigenvalue weighted by molar-refractivity contribution is 6.36. The van der Waals surface area contributed by atoms with Crippen LogP contribution in [0.5, 0.6) is 0 Å². The van der Waals surface area contributed by atoms with E-state index >= 15 is 0 Å². The van der Waals surface area contributed by atoms with Crippen molar-refractivity contribution < 1.29 is 9.90 Å². The predicted octanol–water partition coefficient (Wildman–Crippen LogP) is 2.69. The average molecular weight is 314 g/mol. The Hall–Kier alpha value is -1.30. The molecule has 0 aromatic carbocycles. The molecule has 106 valence electrons. The molecule has 1 N–H and O–H groups in total. The number of pyridine rings is 1. The number of imidazole rings is 1. The number of fused-ring (bicyclic) bond motifs is 1. The van der Waals surface area contributed by atoms with Crippen LogP contribution < -0.4 is 0 Å². The highest BCUT2D eigenvalue weighted by atomic mass is 35.5. The minimum absolute atomic E-state index is 0.418. The van der Waals surface area contributed by atoms with Crippen molar-refractivity contribution >= 4 is 34.8 Å². The zero-order valence-electron chi connectivity index (χ0n) is 10.6. The average Bonchev–Trinajstić information content (AvgIpc) is 2.95. The van der Waals surface area contributed by atoms with Crippen LogP contribution in [0, 0.1) is 0 Å². The Morgan fingerprint density at radius 2 is 2.25 bits per heavy atom. The lowest BCUT2D eigenvalue weighted by Crippen LogP contribution is -2.35. The quantitative estimate of drug-likeness (QED) is 0.946. The molecule has 2 aromatic rings. The first-order valence-corrected chi connectivity index (χ1v) is 7.09. The molecule has 3 heterocycles. The summed E-state index contributed by atoms with van der Waals surface area (Å²) in [5, 5.41) is 10.2. The van der Waals surface area contributed by atoms with Crippen LogP contribution in [0.3, 0.4) is 0 Å². The Bertz CT molecular complexity index is 671. The second-order valence-electron chi connectivity index (χ2n) is 4.94. The van der Waals surface area contributed by atoms with Gasteiger partial charge >= 0.3 is 5.97 Å². The molecule has 0 bridgehead atoms. The summed E-state index contributed by atoms with van der Waals surface area (Å²) in [6.07, 6.45) is 5.16. The number of rotatable bonds is 3. The molecule has 1 saturated heterocycles. The van der Waals surface area contributed by atoms with Crippen molar-refractivity contribution in [3.63, 3.8) is 0 Å². The van der Waals surface area contributed by atoms with Gasteiger partial charge in [-0.05, 0) is 25.5 Å². The normalized spacial score (nSPS) is 19.8. The zero-order valence-corrected chi connectivity index (χ0v) is 12.1. The Morgan fingerprint density at radius 3 is 3.00 bits per heavy atom. The van der Waals surface area contributed by atoms with Crippen LogP contribution in [0.2, 0.25) is 10.0 Å². The molecule has 0 saturated carbocycles. The van der Waals surface area contributed by atoms with Crippen molar-refractivity contribution in [3.8, 4) is 0 Å². The van der Waals surface area contributed by atoms with E-state index in [1.165, 1.54) is 0 Å². The number of aromatic nitrogens is 2. The number of carboxylic acid groups (broad SMARTS) is 1. The first-order valence-electron chi connectivity index (χ1n) is 6.34. The van der Waals surface area contributed by atoms with Crippen molar-refractivity contribution in [2.24, 2.45) is 0 Å². The van der Waals surface area contributed by atoms with Crippen LogP contribution in [-0.4, -0.2) is 37.9 Å². The summed E-state index contributed by atoms with van der Waals surface area (Å²) in [7, 11) is 0. The Labute approximate surface area is 125 Å². The number of hydrogen-bond acceptors (Lipinski definition) is 3. The first kappa shape index (κ1) is 13.7. The van der Waals surface area contributed by atoms with Crippen LogP contribution in [-0.2, 0) is 11.3 Å². The lowest BCUT2D eigenvalue weighted by atomic mass is 10.2. The molecule has 1 fully saturated rings. The summed E-state index contributed by atoms with van der Waals surface area (Å²) in [5.41, 5.74) is 1.43. The van der Waals surface area contributed by atoms with Gasteiger partial charge in [-0.25, -0.2) is 4.98 Å². The molecule has 20 heavy (non-hydrogen) atoms. The maximum absolute atomic E-state index is 11.2. The van der Waals surface area contributed by atoms with E-state index in [2.05, 4.69) is 4.98 Å². The van der Waals surface area contributed by atoms with E-state index in [9.17, 15) is 9.90 Å². The molecule has 1 aliphatic heterocycles. The molecule has 0 amide bonds. The molecule has 1 aliphatic rings. The van der Waals surface area contributed by atoms with Gasteiger partial charge in [0.1, 0.15) is 6.04 Å². The summed E-state index contributed by atoms with van der Waals surface area (Å²) in [5.74, 6) is -0.771. The fourth-order valence-corrected chi connectivity index (χ4v) is 3.18. The topological polar surface area (TPSA) is 57.8 Å². The highest BCUT2D eigenvalue weighted by Crippen LogP contribution is 2.24. The van der Waals surface area contributed by atoms with Gasteiger partial charge in [-0.2, -0.15) is 0 Å². The first-order chi connectivity index (χ1) is 9.54. The van der Waals surface area contributed by atoms with E-state index in [0.717, 1.165) is 18.7 Å². The molecule has 0 unspecified atom stereocenters. The van der Waals surface area contributed by atoms with E-state index < -0.39 is 12.0 Å². The number of aliphatic carboxylic acids is 1. The molecule has 7 heteroatoms. The van der Waals surface area contributed by atoms with Gasteiger partial charge in [0.2, 0.25) is 0 Å². The predicted molar refractivity (Wildman–Crippen MR) is 76.3 cm³/mol. The van der Waals surface area contributed by atoms with Crippen molar-refractivity contribution in [1.82, 2.24) is 14.3 Å². The molecule has 0 aliphatic carbocycles. The second-order valence-corrected chi connectivity index (χ2v) is 5.78. The largest absolute Gasteiger partial charge is 0.480 e. The third kappa shape index (κ3) is 2.49. The standard InChI is InChI=1S/C13H13Cl2N3O2/c14-8-4-10(15)12-16-9(7-18(12)5-8)6-17-3-1-2-11(17)13(19)20/h4-5,7,11H,1-3,6H2,(H,19,20)/t11-/m1/s1. The fraction of sp³-hybridized carbons (Fsp3) is 0.385. The SMILES string of the molecule is O=C(O)[C@H]1CCCN1Cc1cn2cc(Cl)cc(Cl)c2n1. The summed E-state index contributed by atoms with van der Waals surface area (Å²) in [6.45, 7) is 1.28. The second kappa shape index (κ2) is 5.24. The number of hydrogen-bond donors (Lipinski definition) is 1. The van der Waals surface area contributed by atoms with Gasteiger partial charge in [0.15, 0.2) is 5.65 Å². The highest BCUT2D eigenvalue weighted by Gasteiger charge is 2.30. The van der Waals surface area contributed by atoms with Crippen LogP contribution >= 0.6 is 23.2 Å². The summed E-state index contributed by atoms with van der Waals surface area (Å²) in [6, 6.07) is 1.23. The molecule has 0 radical (unpaired) electrons. The molecular weight excluding hydrogens is 301 g/mol. The molecular formula is C13H13Cl2N3O2. The lowest BCUT2D eigenvalue weighted by Gasteiger charge is -2.19. The van der Waals surface area contributed by atoms with E-state index in [1.54, 1.807) is 16.7 Å². The Balaban J connectivity index is 1.88. The van der Waals surface area contributed by atoms with Gasteiger partial charge in [0, 0.05) is 18.9 Å². The van der Waals surface area contributed by atoms with Gasteiger partial charge in [-0.15, -0.1) is 0 Å². The van der Waals surface area contributed by atoms with E-state index in [0.29, 0.717) is 28.7 Å². The van der Waals surface area contributed by atoms with E-state index in [-0.39, 0.29) is 0 Å². The van der Waals surface area contributed by atoms with Crippen molar-refractivity contribution in [2.75, 3.05) is 6.54 Å². The number of carboxylic acids is 1. The molecule has 1 atom stereocenters. The smallest absolute Gasteiger partial charge is 0.320 e. The minimum Gasteiger partial charge on any atom is -0.480 e. The number of carbonyl (C=O) groups is 1. The van der Waals surface area contributed by atoms with Gasteiger partial charge in [-0.3, -0.25) is 9.69 Å². The number of halogens is 2. The van der Waals surface area contributed by atoms with Crippen LogP contribution in [0.15, 0.2) is 18.5 Å². The van der Waals surface area contributed by atoms with E-state index in [1.807, 2.05) is 11.1 Å². The van der Waals surface area contributed by atoms with Gasteiger partial charge in [0.05, 0.1) is 15.7 Å². The molecule has 2 aromatic heterocycles. The molecule has 0 spiro atoms. The fourth-order valence-electron chi connectivity index (χ4n) is 2.65. The number of likely N-dealkylation sites (tertiary alicyclic amines) is 1. The third-order valence-electron chi connectivity index (χ3n) is 3.54. The van der Waals surface area contributed by atoms with Crippen LogP contribution in [0.4, 0.5) is 0 Å². The number of nitrogens with zero attached hydrogens (tertiary/aromatic N) is 3. The van der Waals surface area contributed by atoms with Crippen LogP contribution in [0.25, 0.3) is 5.65 Å². The Kier molecular flexibility index (Phi) is 3.58. The van der Waals surface area contributed by atoms with E-state index in [4.69, 9.17) is 23.2 Å². The Morgan fingerprint density at radius 1 is 1.45 bits per heavy atom. The van der Waals surface area contributed by atoms with Crippen LogP contribution in [0.1, 0.15) is 18.5 Å². The van der Waals surface area contributed by atoms with Crippen molar-refractivity contribution in [2.45, 2.75) is 25.4 Å². The minimum atomic E-state index is -0.771. The summed E-state index contributed by atoms with van der Waals surface area (Å²) >= 11 is 12.0. The maximum atomic E-state index is 11.2. The van der Waals surface area contributed by atoms with Gasteiger partial charge in [-0.1, -0.05) is 23.2 Å². The van der Waals surface area contributed by atoms with Gasteiger partial charge in [0.25, 0.3) is 0 Å². The zero-order chi connectivity index (χ0) is 14.3. The molecule has 3 rings (SSSR count). The summed E-state index contributed by atoms with van der Waals surface area (Å²) in [4.78, 5) is 17.5.